The molecule has 0 saturated heterocycles. The van der Waals surface area contributed by atoms with Gasteiger partial charge in [0.25, 0.3) is 0 Å². The Bertz CT molecular complexity index is 2560. The van der Waals surface area contributed by atoms with E-state index in [1.807, 2.05) is 61.5 Å². The number of benzene rings is 4. The fourth-order valence-electron chi connectivity index (χ4n) is 7.01. The number of hydrogen-bond acceptors (Lipinski definition) is 4. The molecule has 0 fully saturated rings. The molecule has 0 aliphatic rings. The summed E-state index contributed by atoms with van der Waals surface area (Å²) in [5.74, 6) is 1.52. The molecule has 8 rings (SSSR count). The molecule has 1 atom stereocenters. The van der Waals surface area contributed by atoms with Crippen LogP contribution in [0, 0.1) is 25.0 Å². The fraction of sp³-hybridized carbons (Fsp3) is 0.271. The van der Waals surface area contributed by atoms with Crippen molar-refractivity contribution in [2.24, 2.45) is 5.92 Å². The minimum absolute atomic E-state index is 0. The molecule has 0 saturated carbocycles. The zero-order valence-corrected chi connectivity index (χ0v) is 36.8. The number of para-hydroxylation sites is 2. The number of hydrogen-bond donors (Lipinski definition) is 0. The molecule has 0 N–H and O–H groups in total. The molecule has 0 aliphatic carbocycles. The SMILES string of the molecule is CCC(C)Cc1cc(-c2[c-]cccc2)ncc1[Si](C)(C)C.Cc1ccc2c(n1)oc1c(-c3nc4ccccc4n3-c3ccc(C(C)(C)C)cc3)[c-]ccc12.[Ir]. The van der Waals surface area contributed by atoms with Gasteiger partial charge in [0.05, 0.1) is 30.5 Å². The van der Waals surface area contributed by atoms with E-state index >= 15 is 0 Å². The van der Waals surface area contributed by atoms with Gasteiger partial charge in [0, 0.05) is 43.1 Å². The molecule has 0 bridgehead atoms. The quantitative estimate of drug-likeness (QED) is 0.118. The van der Waals surface area contributed by atoms with Gasteiger partial charge >= 0.3 is 0 Å². The number of pyridine rings is 2. The summed E-state index contributed by atoms with van der Waals surface area (Å²) in [6.07, 6.45) is 4.50. The van der Waals surface area contributed by atoms with Crippen molar-refractivity contribution < 1.29 is 24.5 Å². The molecule has 0 aliphatic heterocycles. The van der Waals surface area contributed by atoms with Gasteiger partial charge in [0.2, 0.25) is 5.71 Å². The molecule has 283 valence electrons. The van der Waals surface area contributed by atoms with E-state index < -0.39 is 8.07 Å². The first-order valence-electron chi connectivity index (χ1n) is 19.1. The number of fused-ring (bicyclic) bond motifs is 4. The van der Waals surface area contributed by atoms with Gasteiger partial charge in [-0.1, -0.05) is 108 Å². The first-order chi connectivity index (χ1) is 25.8. The summed E-state index contributed by atoms with van der Waals surface area (Å²) in [5, 5.41) is 3.53. The van der Waals surface area contributed by atoms with Gasteiger partial charge in [-0.15, -0.1) is 54.1 Å². The van der Waals surface area contributed by atoms with E-state index in [1.54, 1.807) is 0 Å². The number of aryl methyl sites for hydroxylation is 1. The average molecular weight is 919 g/mol. The summed E-state index contributed by atoms with van der Waals surface area (Å²) in [6, 6.07) is 42.1. The Morgan fingerprint density at radius 3 is 2.27 bits per heavy atom. The molecule has 1 radical (unpaired) electrons. The van der Waals surface area contributed by atoms with Crippen molar-refractivity contribution in [1.82, 2.24) is 19.5 Å². The van der Waals surface area contributed by atoms with Gasteiger partial charge in [-0.3, -0.25) is 4.98 Å². The van der Waals surface area contributed by atoms with Crippen LogP contribution < -0.4 is 5.19 Å². The predicted molar refractivity (Wildman–Crippen MR) is 228 cm³/mol. The number of aromatic nitrogens is 4. The van der Waals surface area contributed by atoms with Gasteiger partial charge in [0.1, 0.15) is 0 Å². The van der Waals surface area contributed by atoms with Crippen LogP contribution in [0.5, 0.6) is 0 Å². The van der Waals surface area contributed by atoms with Crippen molar-refractivity contribution >= 4 is 46.4 Å². The molecule has 0 amide bonds. The van der Waals surface area contributed by atoms with Crippen LogP contribution in [-0.2, 0) is 31.9 Å². The molecular formula is C48H50IrN4OSi-2. The van der Waals surface area contributed by atoms with Crippen LogP contribution >= 0.6 is 0 Å². The molecule has 7 heteroatoms. The normalized spacial score (nSPS) is 12.4. The summed E-state index contributed by atoms with van der Waals surface area (Å²) >= 11 is 0. The van der Waals surface area contributed by atoms with Crippen molar-refractivity contribution in [1.29, 1.82) is 0 Å². The topological polar surface area (TPSA) is 56.7 Å². The van der Waals surface area contributed by atoms with Gasteiger partial charge in [-0.05, 0) is 77.5 Å². The summed E-state index contributed by atoms with van der Waals surface area (Å²) in [6.45, 7) is 20.5. The zero-order chi connectivity index (χ0) is 38.2. The standard InChI is InChI=1S/C29H24N3O.C19H26NSi.Ir/c1-18-12-17-22-21-8-7-9-23(26(21)33-28(22)30-18)27-31-24-10-5-6-11-25(24)32(27)20-15-13-19(14-16-20)29(2,3)4;1-6-15(2)12-17-13-18(16-10-8-7-9-11-16)20-14-19(17)21(3,4)5;/h5-8,10-17H,1-4H3;7-10,13-15H,6,12H2,1-5H3;/q2*-1;. The minimum Gasteiger partial charge on any atom is -0.486 e. The van der Waals surface area contributed by atoms with Crippen LogP contribution in [0.4, 0.5) is 0 Å². The second-order valence-electron chi connectivity index (χ2n) is 16.5. The second-order valence-corrected chi connectivity index (χ2v) is 21.6. The maximum Gasteiger partial charge on any atom is 0.216 e. The van der Waals surface area contributed by atoms with E-state index in [4.69, 9.17) is 14.4 Å². The van der Waals surface area contributed by atoms with E-state index in [1.165, 1.54) is 22.7 Å². The molecule has 0 spiro atoms. The molecule has 5 nitrogen and oxygen atoms in total. The third-order valence-corrected chi connectivity index (χ3v) is 12.3. The first-order valence-corrected chi connectivity index (χ1v) is 22.6. The van der Waals surface area contributed by atoms with Crippen LogP contribution in [0.3, 0.4) is 0 Å². The monoisotopic (exact) mass is 919 g/mol. The Hall–Kier alpha value is -4.68. The molecule has 1 unspecified atom stereocenters. The number of rotatable bonds is 7. The van der Waals surface area contributed by atoms with E-state index in [-0.39, 0.29) is 25.5 Å². The second kappa shape index (κ2) is 16.2. The first kappa shape index (κ1) is 40.0. The van der Waals surface area contributed by atoms with Crippen molar-refractivity contribution in [3.05, 3.63) is 138 Å². The van der Waals surface area contributed by atoms with Crippen LogP contribution in [0.2, 0.25) is 19.6 Å². The van der Waals surface area contributed by atoms with Crippen molar-refractivity contribution in [2.75, 3.05) is 0 Å². The average Bonchev–Trinajstić information content (AvgIpc) is 3.73. The van der Waals surface area contributed by atoms with Crippen LogP contribution in [-0.4, -0.2) is 27.6 Å². The summed E-state index contributed by atoms with van der Waals surface area (Å²) in [4.78, 5) is 14.3. The zero-order valence-electron chi connectivity index (χ0n) is 33.4. The van der Waals surface area contributed by atoms with E-state index in [9.17, 15) is 0 Å². The third kappa shape index (κ3) is 8.45. The van der Waals surface area contributed by atoms with Crippen molar-refractivity contribution in [3.63, 3.8) is 0 Å². The van der Waals surface area contributed by atoms with Crippen LogP contribution in [0.25, 0.3) is 61.4 Å². The summed E-state index contributed by atoms with van der Waals surface area (Å²) in [7, 11) is -1.35. The van der Waals surface area contributed by atoms with Crippen molar-refractivity contribution in [2.45, 2.75) is 79.4 Å². The largest absolute Gasteiger partial charge is 0.486 e. The van der Waals surface area contributed by atoms with Gasteiger partial charge in [-0.2, -0.15) is 0 Å². The maximum absolute atomic E-state index is 6.27. The molecule has 8 aromatic rings. The van der Waals surface area contributed by atoms with Gasteiger partial charge in [-0.25, -0.2) is 4.98 Å². The van der Waals surface area contributed by atoms with E-state index in [0.717, 1.165) is 73.8 Å². The van der Waals surface area contributed by atoms with E-state index in [0.29, 0.717) is 5.71 Å². The molecule has 4 heterocycles. The van der Waals surface area contributed by atoms with Gasteiger partial charge in [0.15, 0.2) is 0 Å². The predicted octanol–water partition coefficient (Wildman–Crippen LogP) is 12.1. The number of nitrogens with zero attached hydrogens (tertiary/aromatic N) is 4. The summed E-state index contributed by atoms with van der Waals surface area (Å²) in [5.41, 5.74) is 11.2. The van der Waals surface area contributed by atoms with Crippen molar-refractivity contribution in [3.8, 4) is 28.3 Å². The smallest absolute Gasteiger partial charge is 0.216 e. The van der Waals surface area contributed by atoms with Gasteiger partial charge < -0.3 is 14.0 Å². The van der Waals surface area contributed by atoms with Crippen LogP contribution in [0.1, 0.15) is 57.9 Å². The molecular weight excluding hydrogens is 869 g/mol. The Morgan fingerprint density at radius 1 is 0.836 bits per heavy atom. The third-order valence-electron chi connectivity index (χ3n) is 10.3. The molecule has 4 aromatic heterocycles. The molecule has 4 aromatic carbocycles. The maximum atomic E-state index is 6.27. The Morgan fingerprint density at radius 2 is 1.58 bits per heavy atom. The molecule has 55 heavy (non-hydrogen) atoms. The number of imidazole rings is 1. The Kier molecular flexibility index (Phi) is 11.8. The Labute approximate surface area is 340 Å². The minimum atomic E-state index is -1.35. The van der Waals surface area contributed by atoms with Crippen LogP contribution in [0.15, 0.2) is 114 Å². The fourth-order valence-corrected chi connectivity index (χ4v) is 8.60. The Balaban J connectivity index is 0.000000204. The number of furan rings is 1. The van der Waals surface area contributed by atoms with E-state index in [2.05, 4.69) is 131 Å². The summed E-state index contributed by atoms with van der Waals surface area (Å²) < 4.78 is 8.47.